The molecule has 0 spiro atoms. The SMILES string of the molecule is CCC1CCCC(C(N)c2cccc3c2OCCC3)C1. The average Bonchev–Trinajstić information content (AvgIpc) is 2.53. The largest absolute Gasteiger partial charge is 0.493 e. The van der Waals surface area contributed by atoms with Crippen molar-refractivity contribution < 1.29 is 4.74 Å². The number of para-hydroxylation sites is 1. The Morgan fingerprint density at radius 3 is 3.05 bits per heavy atom. The molecule has 110 valence electrons. The molecule has 20 heavy (non-hydrogen) atoms. The second-order valence-corrected chi connectivity index (χ2v) is 6.51. The Hall–Kier alpha value is -1.02. The van der Waals surface area contributed by atoms with Crippen LogP contribution in [0.15, 0.2) is 18.2 Å². The third-order valence-electron chi connectivity index (χ3n) is 5.23. The first-order valence-corrected chi connectivity index (χ1v) is 8.29. The molecular weight excluding hydrogens is 246 g/mol. The van der Waals surface area contributed by atoms with E-state index in [2.05, 4.69) is 25.1 Å². The Kier molecular flexibility index (Phi) is 4.30. The third-order valence-corrected chi connectivity index (χ3v) is 5.23. The van der Waals surface area contributed by atoms with Crippen LogP contribution >= 0.6 is 0 Å². The summed E-state index contributed by atoms with van der Waals surface area (Å²) >= 11 is 0. The first kappa shape index (κ1) is 13.9. The number of benzene rings is 1. The lowest BCUT2D eigenvalue weighted by atomic mass is 9.75. The zero-order valence-electron chi connectivity index (χ0n) is 12.6. The lowest BCUT2D eigenvalue weighted by Crippen LogP contribution is -2.28. The van der Waals surface area contributed by atoms with Gasteiger partial charge < -0.3 is 10.5 Å². The van der Waals surface area contributed by atoms with Gasteiger partial charge in [-0.15, -0.1) is 0 Å². The molecule has 0 radical (unpaired) electrons. The van der Waals surface area contributed by atoms with Gasteiger partial charge in [-0.05, 0) is 43.1 Å². The van der Waals surface area contributed by atoms with E-state index >= 15 is 0 Å². The molecule has 1 saturated carbocycles. The highest BCUT2D eigenvalue weighted by Crippen LogP contribution is 2.41. The number of fused-ring (bicyclic) bond motifs is 1. The van der Waals surface area contributed by atoms with Crippen LogP contribution in [0.25, 0.3) is 0 Å². The van der Waals surface area contributed by atoms with Crippen LogP contribution in [0.1, 0.15) is 62.6 Å². The number of nitrogens with two attached hydrogens (primary N) is 1. The molecule has 1 aromatic rings. The van der Waals surface area contributed by atoms with Crippen LogP contribution in [0.2, 0.25) is 0 Å². The summed E-state index contributed by atoms with van der Waals surface area (Å²) in [5.74, 6) is 2.61. The quantitative estimate of drug-likeness (QED) is 0.894. The molecule has 2 nitrogen and oxygen atoms in total. The minimum Gasteiger partial charge on any atom is -0.493 e. The molecule has 2 N–H and O–H groups in total. The molecule has 0 amide bonds. The fraction of sp³-hybridized carbons (Fsp3) is 0.667. The molecule has 1 aliphatic heterocycles. The van der Waals surface area contributed by atoms with E-state index in [-0.39, 0.29) is 6.04 Å². The molecule has 3 atom stereocenters. The molecule has 1 aliphatic carbocycles. The molecule has 1 heterocycles. The fourth-order valence-corrected chi connectivity index (χ4v) is 3.96. The molecule has 0 bridgehead atoms. The first-order valence-electron chi connectivity index (χ1n) is 8.29. The molecule has 1 fully saturated rings. The summed E-state index contributed by atoms with van der Waals surface area (Å²) in [6.07, 6.45) is 8.87. The van der Waals surface area contributed by atoms with Gasteiger partial charge in [0.05, 0.1) is 6.61 Å². The van der Waals surface area contributed by atoms with E-state index in [0.29, 0.717) is 5.92 Å². The minimum atomic E-state index is 0.150. The summed E-state index contributed by atoms with van der Waals surface area (Å²) in [5, 5.41) is 0. The predicted molar refractivity (Wildman–Crippen MR) is 82.9 cm³/mol. The summed E-state index contributed by atoms with van der Waals surface area (Å²) in [6, 6.07) is 6.69. The van der Waals surface area contributed by atoms with Crippen molar-refractivity contribution in [2.45, 2.75) is 57.9 Å². The Balaban J connectivity index is 1.81. The van der Waals surface area contributed by atoms with Gasteiger partial charge in [0, 0.05) is 11.6 Å². The molecule has 0 aromatic heterocycles. The first-order chi connectivity index (χ1) is 9.79. The molecule has 1 aromatic carbocycles. The van der Waals surface area contributed by atoms with Crippen molar-refractivity contribution in [3.63, 3.8) is 0 Å². The highest BCUT2D eigenvalue weighted by atomic mass is 16.5. The molecule has 2 aliphatic rings. The Morgan fingerprint density at radius 2 is 2.20 bits per heavy atom. The Bertz CT molecular complexity index is 457. The van der Waals surface area contributed by atoms with Crippen molar-refractivity contribution in [3.8, 4) is 5.75 Å². The van der Waals surface area contributed by atoms with E-state index in [1.165, 1.54) is 43.2 Å². The van der Waals surface area contributed by atoms with Gasteiger partial charge >= 0.3 is 0 Å². The third kappa shape index (κ3) is 2.71. The Morgan fingerprint density at radius 1 is 1.30 bits per heavy atom. The maximum Gasteiger partial charge on any atom is 0.127 e. The predicted octanol–water partition coefficient (Wildman–Crippen LogP) is 4.23. The van der Waals surface area contributed by atoms with E-state index in [1.54, 1.807) is 0 Å². The van der Waals surface area contributed by atoms with Crippen LogP contribution < -0.4 is 10.5 Å². The molecule has 3 rings (SSSR count). The van der Waals surface area contributed by atoms with Crippen LogP contribution in [-0.4, -0.2) is 6.61 Å². The van der Waals surface area contributed by atoms with Crippen LogP contribution in [0.4, 0.5) is 0 Å². The van der Waals surface area contributed by atoms with E-state index < -0.39 is 0 Å². The van der Waals surface area contributed by atoms with Gasteiger partial charge in [-0.25, -0.2) is 0 Å². The Labute approximate surface area is 122 Å². The van der Waals surface area contributed by atoms with Crippen LogP contribution in [0.5, 0.6) is 5.75 Å². The van der Waals surface area contributed by atoms with E-state index in [4.69, 9.17) is 10.5 Å². The van der Waals surface area contributed by atoms with Gasteiger partial charge in [0.2, 0.25) is 0 Å². The van der Waals surface area contributed by atoms with E-state index in [0.717, 1.165) is 31.1 Å². The number of hydrogen-bond acceptors (Lipinski definition) is 2. The van der Waals surface area contributed by atoms with Gasteiger partial charge in [0.15, 0.2) is 0 Å². The van der Waals surface area contributed by atoms with E-state index in [1.807, 2.05) is 0 Å². The summed E-state index contributed by atoms with van der Waals surface area (Å²) < 4.78 is 5.94. The number of rotatable bonds is 3. The summed E-state index contributed by atoms with van der Waals surface area (Å²) in [6.45, 7) is 3.16. The minimum absolute atomic E-state index is 0.150. The number of ether oxygens (including phenoxy) is 1. The lowest BCUT2D eigenvalue weighted by molar-refractivity contribution is 0.223. The number of hydrogen-bond donors (Lipinski definition) is 1. The van der Waals surface area contributed by atoms with Crippen molar-refractivity contribution in [3.05, 3.63) is 29.3 Å². The van der Waals surface area contributed by atoms with Crippen molar-refractivity contribution in [2.75, 3.05) is 6.61 Å². The van der Waals surface area contributed by atoms with Crippen LogP contribution in [0, 0.1) is 11.8 Å². The lowest BCUT2D eigenvalue weighted by Gasteiger charge is -2.34. The van der Waals surface area contributed by atoms with E-state index in [9.17, 15) is 0 Å². The summed E-state index contributed by atoms with van der Waals surface area (Å²) in [5.41, 5.74) is 9.24. The van der Waals surface area contributed by atoms with Gasteiger partial charge in [-0.3, -0.25) is 0 Å². The highest BCUT2D eigenvalue weighted by molar-refractivity contribution is 5.44. The van der Waals surface area contributed by atoms with Gasteiger partial charge in [0.25, 0.3) is 0 Å². The monoisotopic (exact) mass is 273 g/mol. The summed E-state index contributed by atoms with van der Waals surface area (Å²) in [7, 11) is 0. The van der Waals surface area contributed by atoms with Gasteiger partial charge in [0.1, 0.15) is 5.75 Å². The average molecular weight is 273 g/mol. The van der Waals surface area contributed by atoms with Crippen molar-refractivity contribution in [1.29, 1.82) is 0 Å². The second kappa shape index (κ2) is 6.17. The van der Waals surface area contributed by atoms with Gasteiger partial charge in [-0.2, -0.15) is 0 Å². The maximum absolute atomic E-state index is 6.63. The zero-order chi connectivity index (χ0) is 13.9. The maximum atomic E-state index is 6.63. The van der Waals surface area contributed by atoms with Crippen molar-refractivity contribution in [1.82, 2.24) is 0 Å². The number of aryl methyl sites for hydroxylation is 1. The zero-order valence-corrected chi connectivity index (χ0v) is 12.6. The van der Waals surface area contributed by atoms with Gasteiger partial charge in [-0.1, -0.05) is 44.4 Å². The van der Waals surface area contributed by atoms with Crippen molar-refractivity contribution in [2.24, 2.45) is 17.6 Å². The standard InChI is InChI=1S/C18H27NO/c1-2-13-6-3-8-15(12-13)17(19)16-10-4-7-14-9-5-11-20-18(14)16/h4,7,10,13,15,17H,2-3,5-6,8-9,11-12,19H2,1H3. The highest BCUT2D eigenvalue weighted by Gasteiger charge is 2.29. The molecule has 3 unspecified atom stereocenters. The fourth-order valence-electron chi connectivity index (χ4n) is 3.96. The van der Waals surface area contributed by atoms with Crippen LogP contribution in [-0.2, 0) is 6.42 Å². The summed E-state index contributed by atoms with van der Waals surface area (Å²) in [4.78, 5) is 0. The normalized spacial score (nSPS) is 27.5. The molecule has 0 saturated heterocycles. The van der Waals surface area contributed by atoms with Crippen LogP contribution in [0.3, 0.4) is 0 Å². The smallest absolute Gasteiger partial charge is 0.127 e. The molecule has 2 heteroatoms. The molecular formula is C18H27NO. The second-order valence-electron chi connectivity index (χ2n) is 6.51. The van der Waals surface area contributed by atoms with Crippen molar-refractivity contribution >= 4 is 0 Å². The topological polar surface area (TPSA) is 35.2 Å².